The number of aromatic nitrogens is 1. The lowest BCUT2D eigenvalue weighted by Crippen LogP contribution is -2.29. The quantitative estimate of drug-likeness (QED) is 0.589. The summed E-state index contributed by atoms with van der Waals surface area (Å²) in [5.41, 5.74) is 10.6. The van der Waals surface area contributed by atoms with Crippen LogP contribution < -0.4 is 16.0 Å². The molecule has 2 aromatic carbocycles. The minimum atomic E-state index is -0.226. The maximum absolute atomic E-state index is 12.8. The molecule has 2 heterocycles. The van der Waals surface area contributed by atoms with Crippen LogP contribution in [0.4, 0.5) is 17.2 Å². The Morgan fingerprint density at radius 3 is 2.43 bits per heavy atom. The van der Waals surface area contributed by atoms with E-state index in [0.717, 1.165) is 37.2 Å². The standard InChI is InChI=1S/C25H28N4O/c26-23-13-12-21(29-15-5-2-6-16-29)17-22(23)25(30)28-24-14-11-20(18-27-24)10-9-19-7-3-1-4-8-19/h1,3-4,7-8,11-14,17-18H,2,5-6,9-10,15-16,26H2,(H,27,28,30). The van der Waals surface area contributed by atoms with E-state index >= 15 is 0 Å². The van der Waals surface area contributed by atoms with Crippen molar-refractivity contribution in [3.05, 3.63) is 83.6 Å². The van der Waals surface area contributed by atoms with Gasteiger partial charge in [-0.05, 0) is 67.5 Å². The molecule has 5 heteroatoms. The van der Waals surface area contributed by atoms with Gasteiger partial charge in [0.1, 0.15) is 5.82 Å². The fourth-order valence-corrected chi connectivity index (χ4v) is 3.85. The zero-order valence-corrected chi connectivity index (χ0v) is 17.2. The third-order valence-electron chi connectivity index (χ3n) is 5.61. The van der Waals surface area contributed by atoms with Crippen LogP contribution in [0.1, 0.15) is 40.7 Å². The summed E-state index contributed by atoms with van der Waals surface area (Å²) in [5.74, 6) is 0.308. The van der Waals surface area contributed by atoms with E-state index in [1.54, 1.807) is 0 Å². The molecule has 0 atom stereocenters. The van der Waals surface area contributed by atoms with Crippen molar-refractivity contribution in [2.24, 2.45) is 0 Å². The van der Waals surface area contributed by atoms with Crippen LogP contribution in [0.15, 0.2) is 66.9 Å². The highest BCUT2D eigenvalue weighted by Crippen LogP contribution is 2.25. The minimum absolute atomic E-state index is 0.226. The summed E-state index contributed by atoms with van der Waals surface area (Å²) in [6, 6.07) is 20.0. The zero-order chi connectivity index (χ0) is 20.8. The molecule has 30 heavy (non-hydrogen) atoms. The first-order valence-corrected chi connectivity index (χ1v) is 10.6. The molecule has 0 aliphatic carbocycles. The van der Waals surface area contributed by atoms with Gasteiger partial charge in [0.2, 0.25) is 0 Å². The number of carbonyl (C=O) groups excluding carboxylic acids is 1. The van der Waals surface area contributed by atoms with Gasteiger partial charge in [-0.2, -0.15) is 0 Å². The summed E-state index contributed by atoms with van der Waals surface area (Å²) >= 11 is 0. The van der Waals surface area contributed by atoms with Crippen molar-refractivity contribution in [3.63, 3.8) is 0 Å². The van der Waals surface area contributed by atoms with E-state index in [-0.39, 0.29) is 5.91 Å². The second-order valence-corrected chi connectivity index (χ2v) is 7.81. The number of rotatable bonds is 6. The average molecular weight is 401 g/mol. The summed E-state index contributed by atoms with van der Waals surface area (Å²) in [7, 11) is 0. The number of aryl methyl sites for hydroxylation is 2. The van der Waals surface area contributed by atoms with Gasteiger partial charge in [-0.1, -0.05) is 36.4 Å². The molecule has 0 bridgehead atoms. The number of pyridine rings is 1. The molecule has 5 nitrogen and oxygen atoms in total. The number of piperidine rings is 1. The van der Waals surface area contributed by atoms with Crippen LogP contribution in [0.3, 0.4) is 0 Å². The molecule has 0 spiro atoms. The van der Waals surface area contributed by atoms with Crippen LogP contribution in [0.2, 0.25) is 0 Å². The lowest BCUT2D eigenvalue weighted by atomic mass is 10.1. The van der Waals surface area contributed by atoms with Gasteiger partial charge in [-0.15, -0.1) is 0 Å². The van der Waals surface area contributed by atoms with E-state index in [9.17, 15) is 4.79 Å². The van der Waals surface area contributed by atoms with Gasteiger partial charge in [0, 0.05) is 30.7 Å². The van der Waals surface area contributed by atoms with Crippen molar-refractivity contribution in [1.82, 2.24) is 4.98 Å². The Balaban J connectivity index is 1.39. The van der Waals surface area contributed by atoms with Crippen molar-refractivity contribution >= 4 is 23.1 Å². The van der Waals surface area contributed by atoms with Crippen molar-refractivity contribution in [2.45, 2.75) is 32.1 Å². The molecule has 0 saturated carbocycles. The molecule has 154 valence electrons. The highest BCUT2D eigenvalue weighted by atomic mass is 16.1. The number of carbonyl (C=O) groups is 1. The van der Waals surface area contributed by atoms with Gasteiger partial charge >= 0.3 is 0 Å². The number of amides is 1. The Hall–Kier alpha value is -3.34. The average Bonchev–Trinajstić information content (AvgIpc) is 2.80. The second-order valence-electron chi connectivity index (χ2n) is 7.81. The normalized spacial score (nSPS) is 13.8. The second kappa shape index (κ2) is 9.44. The maximum atomic E-state index is 12.8. The van der Waals surface area contributed by atoms with Gasteiger partial charge in [-0.25, -0.2) is 4.98 Å². The molecule has 1 aliphatic rings. The fourth-order valence-electron chi connectivity index (χ4n) is 3.85. The van der Waals surface area contributed by atoms with Gasteiger partial charge in [0.15, 0.2) is 0 Å². The number of anilines is 3. The lowest BCUT2D eigenvalue weighted by molar-refractivity contribution is 0.102. The smallest absolute Gasteiger partial charge is 0.258 e. The number of nitrogens with one attached hydrogen (secondary N) is 1. The first kappa shape index (κ1) is 20.0. The van der Waals surface area contributed by atoms with Crippen molar-refractivity contribution in [3.8, 4) is 0 Å². The molecular formula is C25H28N4O. The molecular weight excluding hydrogens is 372 g/mol. The number of nitrogens with two attached hydrogens (primary N) is 1. The number of nitrogen functional groups attached to an aromatic ring is 1. The Morgan fingerprint density at radius 2 is 1.70 bits per heavy atom. The first-order valence-electron chi connectivity index (χ1n) is 10.6. The highest BCUT2D eigenvalue weighted by Gasteiger charge is 2.16. The molecule has 1 fully saturated rings. The largest absolute Gasteiger partial charge is 0.398 e. The van der Waals surface area contributed by atoms with Crippen molar-refractivity contribution in [2.75, 3.05) is 29.0 Å². The van der Waals surface area contributed by atoms with E-state index in [0.29, 0.717) is 17.1 Å². The molecule has 4 rings (SSSR count). The summed E-state index contributed by atoms with van der Waals surface area (Å²) in [5, 5.41) is 2.88. The Bertz CT molecular complexity index is 980. The van der Waals surface area contributed by atoms with Crippen molar-refractivity contribution in [1.29, 1.82) is 0 Å². The maximum Gasteiger partial charge on any atom is 0.258 e. The first-order chi connectivity index (χ1) is 14.7. The van der Waals surface area contributed by atoms with E-state index in [4.69, 9.17) is 5.73 Å². The molecule has 1 aromatic heterocycles. The minimum Gasteiger partial charge on any atom is -0.398 e. The Morgan fingerprint density at radius 1 is 0.933 bits per heavy atom. The molecule has 1 saturated heterocycles. The SMILES string of the molecule is Nc1ccc(N2CCCCC2)cc1C(=O)Nc1ccc(CCc2ccccc2)cn1. The third-order valence-corrected chi connectivity index (χ3v) is 5.61. The van der Waals surface area contributed by atoms with Gasteiger partial charge in [-0.3, -0.25) is 4.79 Å². The number of hydrogen-bond acceptors (Lipinski definition) is 4. The summed E-state index contributed by atoms with van der Waals surface area (Å²) in [6.07, 6.45) is 7.35. The third kappa shape index (κ3) is 4.98. The summed E-state index contributed by atoms with van der Waals surface area (Å²) in [6.45, 7) is 2.05. The fraction of sp³-hybridized carbons (Fsp3) is 0.280. The van der Waals surface area contributed by atoms with Gasteiger partial charge < -0.3 is 16.0 Å². The highest BCUT2D eigenvalue weighted by molar-refractivity contribution is 6.08. The Kier molecular flexibility index (Phi) is 6.28. The van der Waals surface area contributed by atoms with Crippen LogP contribution in [0.25, 0.3) is 0 Å². The van der Waals surface area contributed by atoms with Crippen molar-refractivity contribution < 1.29 is 4.79 Å². The molecule has 3 N–H and O–H groups in total. The zero-order valence-electron chi connectivity index (χ0n) is 17.2. The molecule has 0 unspecified atom stereocenters. The summed E-state index contributed by atoms with van der Waals surface area (Å²) < 4.78 is 0. The summed E-state index contributed by atoms with van der Waals surface area (Å²) in [4.78, 5) is 19.6. The molecule has 3 aromatic rings. The van der Waals surface area contributed by atoms with E-state index in [2.05, 4.69) is 39.5 Å². The van der Waals surface area contributed by atoms with Gasteiger partial charge in [0.25, 0.3) is 5.91 Å². The number of hydrogen-bond donors (Lipinski definition) is 2. The predicted octanol–water partition coefficient (Wildman–Crippen LogP) is 4.69. The topological polar surface area (TPSA) is 71.2 Å². The van der Waals surface area contributed by atoms with E-state index in [1.807, 2.05) is 42.6 Å². The van der Waals surface area contributed by atoms with Crippen LogP contribution in [0.5, 0.6) is 0 Å². The van der Waals surface area contributed by atoms with Crippen LogP contribution >= 0.6 is 0 Å². The molecule has 1 aliphatic heterocycles. The van der Waals surface area contributed by atoms with Crippen LogP contribution in [-0.4, -0.2) is 24.0 Å². The lowest BCUT2D eigenvalue weighted by Gasteiger charge is -2.29. The predicted molar refractivity (Wildman–Crippen MR) is 123 cm³/mol. The number of nitrogens with zero attached hydrogens (tertiary/aromatic N) is 2. The van der Waals surface area contributed by atoms with E-state index in [1.165, 1.54) is 24.8 Å². The molecule has 1 amide bonds. The van der Waals surface area contributed by atoms with E-state index < -0.39 is 0 Å². The number of benzene rings is 2. The van der Waals surface area contributed by atoms with Crippen LogP contribution in [0, 0.1) is 0 Å². The van der Waals surface area contributed by atoms with Gasteiger partial charge in [0.05, 0.1) is 5.56 Å². The Labute approximate surface area is 177 Å². The van der Waals surface area contributed by atoms with Crippen LogP contribution in [-0.2, 0) is 12.8 Å². The monoisotopic (exact) mass is 400 g/mol. The molecule has 0 radical (unpaired) electrons.